The van der Waals surface area contributed by atoms with Crippen molar-refractivity contribution >= 4 is 39.1 Å². The molecule has 0 aliphatic carbocycles. The Bertz CT molecular complexity index is 609. The van der Waals surface area contributed by atoms with Crippen molar-refractivity contribution in [2.75, 3.05) is 13.2 Å². The summed E-state index contributed by atoms with van der Waals surface area (Å²) in [6.45, 7) is 4.16. The zero-order valence-corrected chi connectivity index (χ0v) is 13.8. The van der Waals surface area contributed by atoms with Crippen LogP contribution in [0.15, 0.2) is 17.0 Å². The molecule has 0 saturated carbocycles. The fraction of sp³-hybridized carbons (Fsp3) is 0.417. The van der Waals surface area contributed by atoms with E-state index in [0.717, 1.165) is 12.1 Å². The zero-order valence-electron chi connectivity index (χ0n) is 11.5. The van der Waals surface area contributed by atoms with Crippen LogP contribution in [-0.2, 0) is 14.8 Å². The van der Waals surface area contributed by atoms with Gasteiger partial charge in [-0.1, -0.05) is 37.0 Å². The molecule has 3 N–H and O–H groups in total. The molecule has 0 bridgehead atoms. The summed E-state index contributed by atoms with van der Waals surface area (Å²) < 4.78 is 27.7. The molecule has 0 fully saturated rings. The number of amides is 1. The van der Waals surface area contributed by atoms with E-state index in [1.54, 1.807) is 0 Å². The molecule has 0 aliphatic rings. The number of benzene rings is 1. The average Bonchev–Trinajstić information content (AvgIpc) is 2.33. The van der Waals surface area contributed by atoms with Crippen LogP contribution >= 0.6 is 23.2 Å². The Morgan fingerprint density at radius 1 is 1.33 bits per heavy atom. The second-order valence-corrected chi connectivity index (χ2v) is 7.12. The van der Waals surface area contributed by atoms with Crippen molar-refractivity contribution in [3.05, 3.63) is 22.2 Å². The van der Waals surface area contributed by atoms with Gasteiger partial charge in [0.2, 0.25) is 10.0 Å². The van der Waals surface area contributed by atoms with E-state index in [1.165, 1.54) is 0 Å². The smallest absolute Gasteiger partial charge is 0.257 e. The molecule has 0 heterocycles. The molecule has 21 heavy (non-hydrogen) atoms. The number of nitrogens with one attached hydrogen (secondary N) is 1. The predicted molar refractivity (Wildman–Crippen MR) is 81.2 cm³/mol. The molecule has 0 saturated heterocycles. The highest BCUT2D eigenvalue weighted by molar-refractivity contribution is 7.89. The second kappa shape index (κ2) is 7.31. The van der Waals surface area contributed by atoms with Crippen LogP contribution in [-0.4, -0.2) is 27.5 Å². The molecule has 0 unspecified atom stereocenters. The van der Waals surface area contributed by atoms with Crippen LogP contribution in [0, 0.1) is 5.92 Å². The Labute approximate surface area is 133 Å². The lowest BCUT2D eigenvalue weighted by molar-refractivity contribution is -0.123. The van der Waals surface area contributed by atoms with E-state index in [4.69, 9.17) is 33.1 Å². The van der Waals surface area contributed by atoms with Crippen molar-refractivity contribution in [2.45, 2.75) is 18.7 Å². The maximum atomic E-state index is 11.5. The summed E-state index contributed by atoms with van der Waals surface area (Å²) in [4.78, 5) is 11.3. The molecule has 0 atom stereocenters. The van der Waals surface area contributed by atoms with Gasteiger partial charge >= 0.3 is 0 Å². The van der Waals surface area contributed by atoms with E-state index in [1.807, 2.05) is 13.8 Å². The summed E-state index contributed by atoms with van der Waals surface area (Å²) >= 11 is 11.8. The van der Waals surface area contributed by atoms with Gasteiger partial charge in [-0.2, -0.15) is 0 Å². The molecule has 0 aliphatic heterocycles. The van der Waals surface area contributed by atoms with Crippen LogP contribution in [0.1, 0.15) is 13.8 Å². The van der Waals surface area contributed by atoms with Crippen LogP contribution in [0.5, 0.6) is 5.75 Å². The first-order valence-electron chi connectivity index (χ1n) is 6.02. The summed E-state index contributed by atoms with van der Waals surface area (Å²) in [5, 5.41) is 7.57. The lowest BCUT2D eigenvalue weighted by Gasteiger charge is -2.12. The number of ether oxygens (including phenoxy) is 1. The van der Waals surface area contributed by atoms with Crippen molar-refractivity contribution in [2.24, 2.45) is 11.1 Å². The van der Waals surface area contributed by atoms with E-state index in [2.05, 4.69) is 5.32 Å². The molecule has 0 spiro atoms. The molecular formula is C12H16Cl2N2O4S. The Morgan fingerprint density at radius 2 is 1.86 bits per heavy atom. The second-order valence-electron chi connectivity index (χ2n) is 4.75. The number of halogens is 2. The zero-order chi connectivity index (χ0) is 16.2. The standard InChI is InChI=1S/C12H16Cl2N2O4S/c1-7(2)5-16-11(17)6-20-12-9(13)3-8(4-10(12)14)21(15,18)19/h3-4,7H,5-6H2,1-2H3,(H,16,17)(H2,15,18,19). The predicted octanol–water partition coefficient (Wildman–Crippen LogP) is 1.79. The van der Waals surface area contributed by atoms with E-state index in [9.17, 15) is 13.2 Å². The number of hydrogen-bond donors (Lipinski definition) is 2. The summed E-state index contributed by atoms with van der Waals surface area (Å²) in [7, 11) is -3.92. The van der Waals surface area contributed by atoms with Gasteiger partial charge in [-0.25, -0.2) is 13.6 Å². The normalized spacial score (nSPS) is 11.5. The molecule has 118 valence electrons. The largest absolute Gasteiger partial charge is 0.481 e. The van der Waals surface area contributed by atoms with Crippen molar-refractivity contribution in [1.29, 1.82) is 0 Å². The summed E-state index contributed by atoms with van der Waals surface area (Å²) in [5.41, 5.74) is 0. The Morgan fingerprint density at radius 3 is 2.29 bits per heavy atom. The maximum Gasteiger partial charge on any atom is 0.257 e. The van der Waals surface area contributed by atoms with Crippen LogP contribution in [0.25, 0.3) is 0 Å². The van der Waals surface area contributed by atoms with Crippen molar-refractivity contribution < 1.29 is 17.9 Å². The number of primary sulfonamides is 1. The van der Waals surface area contributed by atoms with Gasteiger partial charge in [-0.15, -0.1) is 0 Å². The SMILES string of the molecule is CC(C)CNC(=O)COc1c(Cl)cc(S(N)(=O)=O)cc1Cl. The monoisotopic (exact) mass is 354 g/mol. The van der Waals surface area contributed by atoms with Gasteiger partial charge in [0.25, 0.3) is 5.91 Å². The number of hydrogen-bond acceptors (Lipinski definition) is 4. The minimum atomic E-state index is -3.92. The van der Waals surface area contributed by atoms with Gasteiger partial charge in [-0.05, 0) is 18.1 Å². The number of sulfonamides is 1. The highest BCUT2D eigenvalue weighted by Gasteiger charge is 2.16. The number of nitrogens with two attached hydrogens (primary N) is 1. The molecule has 1 rings (SSSR count). The minimum Gasteiger partial charge on any atom is -0.481 e. The van der Waals surface area contributed by atoms with Crippen LogP contribution < -0.4 is 15.2 Å². The maximum absolute atomic E-state index is 11.5. The molecule has 1 amide bonds. The third-order valence-corrected chi connectivity index (χ3v) is 3.81. The van der Waals surface area contributed by atoms with E-state index >= 15 is 0 Å². The third-order valence-electron chi connectivity index (χ3n) is 2.36. The molecule has 9 heteroatoms. The van der Waals surface area contributed by atoms with Gasteiger partial charge in [0.05, 0.1) is 14.9 Å². The molecule has 1 aromatic rings. The third kappa shape index (κ3) is 5.70. The Hall–Kier alpha value is -1.02. The lowest BCUT2D eigenvalue weighted by Crippen LogP contribution is -2.31. The topological polar surface area (TPSA) is 98.5 Å². The summed E-state index contributed by atoms with van der Waals surface area (Å²) in [5.74, 6) is 0.0203. The van der Waals surface area contributed by atoms with Crippen molar-refractivity contribution in [3.8, 4) is 5.75 Å². The first-order chi connectivity index (χ1) is 9.61. The van der Waals surface area contributed by atoms with Gasteiger partial charge in [0.1, 0.15) is 0 Å². The number of carbonyl (C=O) groups is 1. The lowest BCUT2D eigenvalue weighted by atomic mass is 10.2. The van der Waals surface area contributed by atoms with Gasteiger partial charge < -0.3 is 10.1 Å². The fourth-order valence-electron chi connectivity index (χ4n) is 1.35. The highest BCUT2D eigenvalue weighted by atomic mass is 35.5. The van der Waals surface area contributed by atoms with Gasteiger partial charge in [0.15, 0.2) is 12.4 Å². The van der Waals surface area contributed by atoms with E-state index in [-0.39, 0.29) is 33.2 Å². The summed E-state index contributed by atoms with van der Waals surface area (Å²) in [6.07, 6.45) is 0. The Balaban J connectivity index is 2.79. The molecule has 1 aromatic carbocycles. The highest BCUT2D eigenvalue weighted by Crippen LogP contribution is 2.35. The van der Waals surface area contributed by atoms with Crippen LogP contribution in [0.3, 0.4) is 0 Å². The molecule has 0 aromatic heterocycles. The number of carbonyl (C=O) groups excluding carboxylic acids is 1. The fourth-order valence-corrected chi connectivity index (χ4v) is 2.64. The van der Waals surface area contributed by atoms with E-state index in [0.29, 0.717) is 12.5 Å². The molecular weight excluding hydrogens is 339 g/mol. The average molecular weight is 355 g/mol. The van der Waals surface area contributed by atoms with Crippen LogP contribution in [0.2, 0.25) is 10.0 Å². The molecule has 0 radical (unpaired) electrons. The summed E-state index contributed by atoms with van der Waals surface area (Å²) in [6, 6.07) is 2.23. The quantitative estimate of drug-likeness (QED) is 0.813. The first-order valence-corrected chi connectivity index (χ1v) is 8.33. The Kier molecular flexibility index (Phi) is 6.27. The minimum absolute atomic E-state index is 0.0328. The number of rotatable bonds is 6. The van der Waals surface area contributed by atoms with Crippen molar-refractivity contribution in [3.63, 3.8) is 0 Å². The molecule has 6 nitrogen and oxygen atoms in total. The van der Waals surface area contributed by atoms with Gasteiger partial charge in [0, 0.05) is 6.54 Å². The van der Waals surface area contributed by atoms with E-state index < -0.39 is 10.0 Å². The first kappa shape index (κ1) is 18.0. The van der Waals surface area contributed by atoms with Gasteiger partial charge in [-0.3, -0.25) is 4.79 Å². The van der Waals surface area contributed by atoms with Crippen molar-refractivity contribution in [1.82, 2.24) is 5.32 Å². The van der Waals surface area contributed by atoms with Crippen LogP contribution in [0.4, 0.5) is 0 Å².